The first kappa shape index (κ1) is 6.23. The summed E-state index contributed by atoms with van der Waals surface area (Å²) in [5, 5.41) is 11.0. The molecule has 0 bridgehead atoms. The summed E-state index contributed by atoms with van der Waals surface area (Å²) < 4.78 is 0. The summed E-state index contributed by atoms with van der Waals surface area (Å²) in [6, 6.07) is 0. The Morgan fingerprint density at radius 2 is 2.57 bits per heavy atom. The number of aliphatic hydroxyl groups excluding tert-OH is 1. The normalized spacial score (nSPS) is 12.3. The van der Waals surface area contributed by atoms with Gasteiger partial charge in [0.15, 0.2) is 0 Å². The van der Waals surface area contributed by atoms with Crippen LogP contribution in [0.1, 0.15) is 0 Å². The Hall–Kier alpha value is -0.770. The number of hydrogen-bond donors (Lipinski definition) is 2. The van der Waals surface area contributed by atoms with Crippen LogP contribution in [0.4, 0.5) is 0 Å². The van der Waals surface area contributed by atoms with Crippen molar-refractivity contribution in [3.8, 4) is 0 Å². The second-order valence-electron chi connectivity index (χ2n) is 0.955. The maximum Gasteiger partial charge on any atom is 0.107 e. The molecule has 40 valence electrons. The van der Waals surface area contributed by atoms with Gasteiger partial charge in [0.2, 0.25) is 0 Å². The third-order valence-corrected chi connectivity index (χ3v) is 0.387. The molecule has 0 radical (unpaired) electrons. The minimum atomic E-state index is -0.787. The average molecular weight is 102 g/mol. The van der Waals surface area contributed by atoms with E-state index in [1.54, 1.807) is 0 Å². The highest BCUT2D eigenvalue weighted by molar-refractivity contribution is 4.53. The second kappa shape index (κ2) is 3.42. The zero-order chi connectivity index (χ0) is 5.70. The lowest BCUT2D eigenvalue weighted by Crippen LogP contribution is -2.20. The van der Waals surface area contributed by atoms with Crippen molar-refractivity contribution in [1.29, 1.82) is 0 Å². The van der Waals surface area contributed by atoms with Crippen LogP contribution in [0.25, 0.3) is 10.4 Å². The predicted molar refractivity (Wildman–Crippen MR) is 24.2 cm³/mol. The molecule has 0 aromatic rings. The van der Waals surface area contributed by atoms with E-state index in [0.29, 0.717) is 0 Å². The first-order chi connectivity index (χ1) is 3.31. The van der Waals surface area contributed by atoms with Crippen LogP contribution in [0.3, 0.4) is 0 Å². The summed E-state index contributed by atoms with van der Waals surface area (Å²) in [7, 11) is 0. The molecule has 0 heterocycles. The van der Waals surface area contributed by atoms with Gasteiger partial charge in [0, 0.05) is 4.91 Å². The molecule has 3 N–H and O–H groups in total. The van der Waals surface area contributed by atoms with E-state index in [0.717, 1.165) is 0 Å². The van der Waals surface area contributed by atoms with Gasteiger partial charge in [-0.25, -0.2) is 0 Å². The lowest BCUT2D eigenvalue weighted by atomic mass is 10.6. The largest absolute Gasteiger partial charge is 0.395 e. The molecule has 0 aromatic heterocycles. The molecule has 0 aliphatic carbocycles. The zero-order valence-corrected chi connectivity index (χ0v) is 3.65. The Labute approximate surface area is 40.4 Å². The molecule has 0 saturated carbocycles. The average Bonchev–Trinajstić information content (AvgIpc) is 1.68. The summed E-state index contributed by atoms with van der Waals surface area (Å²) in [4.78, 5) is 2.35. The topological polar surface area (TPSA) is 95.0 Å². The van der Waals surface area contributed by atoms with Gasteiger partial charge in [-0.15, -0.1) is 0 Å². The number of nitrogens with zero attached hydrogens (tertiary/aromatic N) is 3. The Bertz CT molecular complexity index is 85.7. The van der Waals surface area contributed by atoms with Crippen LogP contribution in [0.5, 0.6) is 0 Å². The van der Waals surface area contributed by atoms with Gasteiger partial charge in [0.05, 0.1) is 6.61 Å². The minimum absolute atomic E-state index is 0.302. The van der Waals surface area contributed by atoms with Crippen LogP contribution in [0, 0.1) is 0 Å². The van der Waals surface area contributed by atoms with Crippen molar-refractivity contribution in [3.63, 3.8) is 0 Å². The van der Waals surface area contributed by atoms with E-state index in [9.17, 15) is 0 Å². The second-order valence-corrected chi connectivity index (χ2v) is 0.955. The number of rotatable bonds is 2. The van der Waals surface area contributed by atoms with Crippen LogP contribution in [0.15, 0.2) is 5.11 Å². The predicted octanol–water partition coefficient (Wildman–Crippen LogP) is -0.426. The van der Waals surface area contributed by atoms with Crippen molar-refractivity contribution in [1.82, 2.24) is 0 Å². The third-order valence-electron chi connectivity index (χ3n) is 0.387. The van der Waals surface area contributed by atoms with E-state index in [2.05, 4.69) is 10.0 Å². The molecule has 5 heteroatoms. The van der Waals surface area contributed by atoms with E-state index in [4.69, 9.17) is 16.4 Å². The molecule has 0 aromatic carbocycles. The molecule has 0 rings (SSSR count). The SMILES string of the molecule is [N-]=[N+]=NC(N)CO. The van der Waals surface area contributed by atoms with Crippen molar-refractivity contribution < 1.29 is 5.11 Å². The molecule has 0 aliphatic rings. The molecule has 1 atom stereocenters. The van der Waals surface area contributed by atoms with E-state index in [-0.39, 0.29) is 6.61 Å². The van der Waals surface area contributed by atoms with Gasteiger partial charge in [-0.05, 0) is 5.53 Å². The number of nitrogens with two attached hydrogens (primary N) is 1. The van der Waals surface area contributed by atoms with Crippen LogP contribution < -0.4 is 5.73 Å². The van der Waals surface area contributed by atoms with Gasteiger partial charge < -0.3 is 10.8 Å². The van der Waals surface area contributed by atoms with Crippen LogP contribution in [-0.4, -0.2) is 17.9 Å². The number of azide groups is 1. The molecule has 5 nitrogen and oxygen atoms in total. The van der Waals surface area contributed by atoms with Gasteiger partial charge in [0.1, 0.15) is 6.17 Å². The molecule has 0 spiro atoms. The van der Waals surface area contributed by atoms with Gasteiger partial charge >= 0.3 is 0 Å². The van der Waals surface area contributed by atoms with Gasteiger partial charge in [-0.3, -0.25) is 0 Å². The van der Waals surface area contributed by atoms with Crippen LogP contribution >= 0.6 is 0 Å². The number of aliphatic hydroxyl groups is 1. The number of hydrogen-bond acceptors (Lipinski definition) is 3. The van der Waals surface area contributed by atoms with E-state index in [1.807, 2.05) is 0 Å². The lowest BCUT2D eigenvalue weighted by molar-refractivity contribution is 0.268. The molecular weight excluding hydrogens is 96.0 g/mol. The summed E-state index contributed by atoms with van der Waals surface area (Å²) in [6.45, 7) is -0.302. The smallest absolute Gasteiger partial charge is 0.107 e. The fourth-order valence-electron chi connectivity index (χ4n) is 0.103. The molecule has 0 fully saturated rings. The van der Waals surface area contributed by atoms with Crippen LogP contribution in [0.2, 0.25) is 0 Å². The fraction of sp³-hybridized carbons (Fsp3) is 1.00. The summed E-state index contributed by atoms with van der Waals surface area (Å²) in [6.07, 6.45) is -0.787. The summed E-state index contributed by atoms with van der Waals surface area (Å²) in [5.41, 5.74) is 12.5. The first-order valence-electron chi connectivity index (χ1n) is 1.72. The van der Waals surface area contributed by atoms with E-state index in [1.165, 1.54) is 0 Å². The highest BCUT2D eigenvalue weighted by atomic mass is 16.3. The highest BCUT2D eigenvalue weighted by Gasteiger charge is 1.89. The fourth-order valence-corrected chi connectivity index (χ4v) is 0.103. The first-order valence-corrected chi connectivity index (χ1v) is 1.72. The van der Waals surface area contributed by atoms with Crippen LogP contribution in [-0.2, 0) is 0 Å². The quantitative estimate of drug-likeness (QED) is 0.281. The molecule has 0 saturated heterocycles. The van der Waals surface area contributed by atoms with E-state index < -0.39 is 6.17 Å². The Morgan fingerprint density at radius 3 is 2.71 bits per heavy atom. The molecule has 7 heavy (non-hydrogen) atoms. The standard InChI is InChI=1S/C2H6N4O/c3-2(1-7)5-6-4/h2,7H,1,3H2. The lowest BCUT2D eigenvalue weighted by Gasteiger charge is -1.92. The maximum atomic E-state index is 8.08. The van der Waals surface area contributed by atoms with Crippen molar-refractivity contribution in [2.75, 3.05) is 6.61 Å². The van der Waals surface area contributed by atoms with Crippen molar-refractivity contribution in [3.05, 3.63) is 10.4 Å². The highest BCUT2D eigenvalue weighted by Crippen LogP contribution is 1.75. The Morgan fingerprint density at radius 1 is 2.00 bits per heavy atom. The third kappa shape index (κ3) is 3.05. The molecule has 1 unspecified atom stereocenters. The van der Waals surface area contributed by atoms with Gasteiger partial charge in [0.25, 0.3) is 0 Å². The Kier molecular flexibility index (Phi) is 3.04. The monoisotopic (exact) mass is 102 g/mol. The molecular formula is C2H6N4O. The molecule has 0 amide bonds. The maximum absolute atomic E-state index is 8.08. The van der Waals surface area contributed by atoms with E-state index >= 15 is 0 Å². The van der Waals surface area contributed by atoms with Crippen molar-refractivity contribution in [2.45, 2.75) is 6.17 Å². The summed E-state index contributed by atoms with van der Waals surface area (Å²) in [5.74, 6) is 0. The summed E-state index contributed by atoms with van der Waals surface area (Å²) >= 11 is 0. The van der Waals surface area contributed by atoms with Gasteiger partial charge in [-0.1, -0.05) is 5.11 Å². The Balaban J connectivity index is 3.35. The van der Waals surface area contributed by atoms with Gasteiger partial charge in [-0.2, -0.15) is 0 Å². The zero-order valence-electron chi connectivity index (χ0n) is 3.65. The minimum Gasteiger partial charge on any atom is -0.395 e. The molecule has 0 aliphatic heterocycles. The van der Waals surface area contributed by atoms with Crippen molar-refractivity contribution >= 4 is 0 Å². The van der Waals surface area contributed by atoms with Crippen molar-refractivity contribution in [2.24, 2.45) is 10.8 Å².